The highest BCUT2D eigenvalue weighted by Crippen LogP contribution is 2.09. The molecule has 6 heteroatoms. The number of H-pyrrole nitrogens is 1. The van der Waals surface area contributed by atoms with Gasteiger partial charge in [-0.1, -0.05) is 24.3 Å². The van der Waals surface area contributed by atoms with Gasteiger partial charge in [-0.2, -0.15) is 0 Å². The average Bonchev–Trinajstić information content (AvgIpc) is 2.62. The number of aromatic nitrogens is 1. The molecule has 1 aliphatic rings. The van der Waals surface area contributed by atoms with Crippen molar-refractivity contribution in [2.45, 2.75) is 13.1 Å². The van der Waals surface area contributed by atoms with Crippen molar-refractivity contribution < 1.29 is 9.53 Å². The Labute approximate surface area is 140 Å². The van der Waals surface area contributed by atoms with Gasteiger partial charge in [-0.3, -0.25) is 14.5 Å². The maximum absolute atomic E-state index is 12.0. The van der Waals surface area contributed by atoms with Gasteiger partial charge in [-0.05, 0) is 17.2 Å². The van der Waals surface area contributed by atoms with Crippen LogP contribution < -0.4 is 10.9 Å². The third-order valence-electron chi connectivity index (χ3n) is 4.03. The van der Waals surface area contributed by atoms with E-state index in [9.17, 15) is 9.59 Å². The number of benzene rings is 1. The van der Waals surface area contributed by atoms with Gasteiger partial charge in [-0.25, -0.2) is 0 Å². The number of nitrogens with zero attached hydrogens (tertiary/aromatic N) is 1. The van der Waals surface area contributed by atoms with Gasteiger partial charge in [0.25, 0.3) is 5.91 Å². The highest BCUT2D eigenvalue weighted by Gasteiger charge is 2.10. The Morgan fingerprint density at radius 3 is 2.46 bits per heavy atom. The number of hydrogen-bond donors (Lipinski definition) is 2. The molecule has 0 spiro atoms. The fraction of sp³-hybridized carbons (Fsp3) is 0.333. The van der Waals surface area contributed by atoms with Crippen molar-refractivity contribution >= 4 is 5.91 Å². The van der Waals surface area contributed by atoms with Crippen LogP contribution in [0.3, 0.4) is 0 Å². The van der Waals surface area contributed by atoms with E-state index in [0.29, 0.717) is 12.1 Å². The number of rotatable bonds is 5. The zero-order chi connectivity index (χ0) is 16.8. The third kappa shape index (κ3) is 4.53. The third-order valence-corrected chi connectivity index (χ3v) is 4.03. The first-order valence-electron chi connectivity index (χ1n) is 8.05. The summed E-state index contributed by atoms with van der Waals surface area (Å²) in [6.07, 6.45) is 1.42. The highest BCUT2D eigenvalue weighted by atomic mass is 16.5. The Balaban J connectivity index is 1.51. The summed E-state index contributed by atoms with van der Waals surface area (Å²) < 4.78 is 5.35. The van der Waals surface area contributed by atoms with Gasteiger partial charge in [0.15, 0.2) is 0 Å². The molecule has 126 valence electrons. The minimum atomic E-state index is -0.220. The monoisotopic (exact) mass is 327 g/mol. The van der Waals surface area contributed by atoms with Gasteiger partial charge in [0, 0.05) is 38.4 Å². The van der Waals surface area contributed by atoms with Crippen molar-refractivity contribution in [1.29, 1.82) is 0 Å². The normalized spacial score (nSPS) is 15.2. The number of hydrogen-bond acceptors (Lipinski definition) is 4. The lowest BCUT2D eigenvalue weighted by Gasteiger charge is -2.26. The van der Waals surface area contributed by atoms with Crippen LogP contribution in [0.15, 0.2) is 47.4 Å². The topological polar surface area (TPSA) is 74.4 Å². The van der Waals surface area contributed by atoms with E-state index >= 15 is 0 Å². The molecule has 0 atom stereocenters. The van der Waals surface area contributed by atoms with Gasteiger partial charge in [0.2, 0.25) is 5.56 Å². The van der Waals surface area contributed by atoms with Gasteiger partial charge in [0.1, 0.15) is 0 Å². The van der Waals surface area contributed by atoms with Crippen LogP contribution in [0.25, 0.3) is 0 Å². The molecule has 24 heavy (non-hydrogen) atoms. The standard InChI is InChI=1S/C18H21N3O3/c22-17-6-5-16(12-19-17)18(23)20-11-14-1-3-15(4-2-14)13-21-7-9-24-10-8-21/h1-6,12H,7-11,13H2,(H,19,22)(H,20,23). The summed E-state index contributed by atoms with van der Waals surface area (Å²) in [6, 6.07) is 11.1. The van der Waals surface area contributed by atoms with E-state index < -0.39 is 0 Å². The van der Waals surface area contributed by atoms with Crippen LogP contribution in [0.2, 0.25) is 0 Å². The Kier molecular flexibility index (Phi) is 5.40. The molecule has 1 aromatic carbocycles. The number of nitrogens with one attached hydrogen (secondary N) is 2. The van der Waals surface area contributed by atoms with Crippen LogP contribution in [0.4, 0.5) is 0 Å². The number of morpholine rings is 1. The average molecular weight is 327 g/mol. The Morgan fingerprint density at radius 2 is 1.79 bits per heavy atom. The summed E-state index contributed by atoms with van der Waals surface area (Å²) in [4.78, 5) is 27.9. The van der Waals surface area contributed by atoms with Crippen LogP contribution in [-0.2, 0) is 17.8 Å². The van der Waals surface area contributed by atoms with E-state index in [1.54, 1.807) is 0 Å². The summed E-state index contributed by atoms with van der Waals surface area (Å²) in [5.41, 5.74) is 2.52. The van der Waals surface area contributed by atoms with E-state index in [1.807, 2.05) is 12.1 Å². The largest absolute Gasteiger partial charge is 0.379 e. The van der Waals surface area contributed by atoms with Crippen molar-refractivity contribution in [3.05, 3.63) is 69.6 Å². The molecule has 0 bridgehead atoms. The van der Waals surface area contributed by atoms with Crippen molar-refractivity contribution in [1.82, 2.24) is 15.2 Å². The Hall–Kier alpha value is -2.44. The van der Waals surface area contributed by atoms with Crippen LogP contribution in [0.5, 0.6) is 0 Å². The Bertz CT molecular complexity index is 713. The SMILES string of the molecule is O=C(NCc1ccc(CN2CCOCC2)cc1)c1ccc(=O)[nH]c1. The molecule has 1 fully saturated rings. The molecule has 1 saturated heterocycles. The zero-order valence-electron chi connectivity index (χ0n) is 13.5. The first-order valence-corrected chi connectivity index (χ1v) is 8.05. The molecule has 0 radical (unpaired) electrons. The van der Waals surface area contributed by atoms with E-state index in [2.05, 4.69) is 27.3 Å². The lowest BCUT2D eigenvalue weighted by atomic mass is 10.1. The Morgan fingerprint density at radius 1 is 1.08 bits per heavy atom. The smallest absolute Gasteiger partial charge is 0.253 e. The number of amides is 1. The zero-order valence-corrected chi connectivity index (χ0v) is 13.5. The van der Waals surface area contributed by atoms with Crippen LogP contribution in [-0.4, -0.2) is 42.1 Å². The maximum atomic E-state index is 12.0. The van der Waals surface area contributed by atoms with Crippen molar-refractivity contribution in [2.75, 3.05) is 26.3 Å². The highest BCUT2D eigenvalue weighted by molar-refractivity contribution is 5.93. The molecule has 0 unspecified atom stereocenters. The van der Waals surface area contributed by atoms with Crippen LogP contribution in [0, 0.1) is 0 Å². The molecule has 0 aliphatic carbocycles. The number of aromatic amines is 1. The van der Waals surface area contributed by atoms with E-state index in [-0.39, 0.29) is 11.5 Å². The first kappa shape index (κ1) is 16.4. The van der Waals surface area contributed by atoms with E-state index in [1.165, 1.54) is 23.9 Å². The minimum absolute atomic E-state index is 0.205. The molecule has 6 nitrogen and oxygen atoms in total. The van der Waals surface area contributed by atoms with Crippen molar-refractivity contribution in [3.63, 3.8) is 0 Å². The fourth-order valence-corrected chi connectivity index (χ4v) is 2.62. The minimum Gasteiger partial charge on any atom is -0.379 e. The number of carbonyl (C=O) groups is 1. The second-order valence-corrected chi connectivity index (χ2v) is 5.83. The van der Waals surface area contributed by atoms with Gasteiger partial charge < -0.3 is 15.0 Å². The summed E-state index contributed by atoms with van der Waals surface area (Å²) in [5.74, 6) is -0.205. The lowest BCUT2D eigenvalue weighted by molar-refractivity contribution is 0.0342. The first-order chi connectivity index (χ1) is 11.7. The fourth-order valence-electron chi connectivity index (χ4n) is 2.62. The van der Waals surface area contributed by atoms with Crippen LogP contribution >= 0.6 is 0 Å². The molecule has 1 aliphatic heterocycles. The summed E-state index contributed by atoms with van der Waals surface area (Å²) >= 11 is 0. The van der Waals surface area contributed by atoms with Gasteiger partial charge in [-0.15, -0.1) is 0 Å². The van der Waals surface area contributed by atoms with Gasteiger partial charge >= 0.3 is 0 Å². The molecule has 2 N–H and O–H groups in total. The molecule has 1 amide bonds. The molecule has 2 heterocycles. The molecule has 2 aromatic rings. The second-order valence-electron chi connectivity index (χ2n) is 5.83. The maximum Gasteiger partial charge on any atom is 0.253 e. The lowest BCUT2D eigenvalue weighted by Crippen LogP contribution is -2.35. The van der Waals surface area contributed by atoms with Crippen molar-refractivity contribution in [2.24, 2.45) is 0 Å². The van der Waals surface area contributed by atoms with Crippen LogP contribution in [0.1, 0.15) is 21.5 Å². The molecule has 1 aromatic heterocycles. The number of ether oxygens (including phenoxy) is 1. The molecule has 0 saturated carbocycles. The van der Waals surface area contributed by atoms with E-state index in [4.69, 9.17) is 4.74 Å². The summed E-state index contributed by atoms with van der Waals surface area (Å²) in [7, 11) is 0. The number of pyridine rings is 1. The van der Waals surface area contributed by atoms with Gasteiger partial charge in [0.05, 0.1) is 18.8 Å². The predicted molar refractivity (Wildman–Crippen MR) is 90.8 cm³/mol. The quantitative estimate of drug-likeness (QED) is 0.863. The van der Waals surface area contributed by atoms with Crippen molar-refractivity contribution in [3.8, 4) is 0 Å². The summed E-state index contributed by atoms with van der Waals surface area (Å²) in [5, 5.41) is 2.85. The summed E-state index contributed by atoms with van der Waals surface area (Å²) in [6.45, 7) is 4.92. The van der Waals surface area contributed by atoms with E-state index in [0.717, 1.165) is 38.4 Å². The second kappa shape index (κ2) is 7.90. The molecule has 3 rings (SSSR count). The molecular weight excluding hydrogens is 306 g/mol. The number of carbonyl (C=O) groups excluding carboxylic acids is 1. The molecular formula is C18H21N3O3. The predicted octanol–water partition coefficient (Wildman–Crippen LogP) is 1.14.